The number of carbonyl (C=O) groups is 1. The lowest BCUT2D eigenvalue weighted by atomic mass is 10.00. The van der Waals surface area contributed by atoms with Gasteiger partial charge < -0.3 is 14.4 Å². The molecule has 0 bridgehead atoms. The lowest BCUT2D eigenvalue weighted by molar-refractivity contribution is -0.294. The maximum atomic E-state index is 14.6. The number of ether oxygens (including phenoxy) is 2. The number of nitrogens with zero attached hydrogens (tertiary/aromatic N) is 4. The number of carbonyl (C=O) groups excluding carboxylic acids is 1. The molecule has 1 atom stereocenters. The molecule has 156 valence electrons. The number of aromatic nitrogens is 2. The maximum absolute atomic E-state index is 14.6. The minimum Gasteiger partial charge on any atom is -0.377 e. The standard InChI is InChI=1S/C20H24F2N4O3/c1-15-10-23-24(2)17(15)11-25-8-9-28-14-19(12-25)13-26(16-6-4-3-5-7-16)18(27)20(21,22)29-19/h3-7,10H,8-9,11-14H2,1-2H3. The van der Waals surface area contributed by atoms with Gasteiger partial charge in [-0.25, -0.2) is 0 Å². The van der Waals surface area contributed by atoms with Crippen LogP contribution in [-0.2, 0) is 27.9 Å². The Balaban J connectivity index is 1.62. The van der Waals surface area contributed by atoms with Crippen molar-refractivity contribution in [3.8, 4) is 0 Å². The topological polar surface area (TPSA) is 59.8 Å². The van der Waals surface area contributed by atoms with Crippen molar-refractivity contribution in [3.05, 3.63) is 47.8 Å². The van der Waals surface area contributed by atoms with Crippen molar-refractivity contribution < 1.29 is 23.0 Å². The van der Waals surface area contributed by atoms with Gasteiger partial charge in [0.15, 0.2) is 0 Å². The first-order valence-corrected chi connectivity index (χ1v) is 9.52. The molecule has 29 heavy (non-hydrogen) atoms. The molecule has 1 spiro atoms. The van der Waals surface area contributed by atoms with Crippen molar-refractivity contribution in [1.29, 1.82) is 0 Å². The zero-order valence-corrected chi connectivity index (χ0v) is 16.5. The van der Waals surface area contributed by atoms with Crippen LogP contribution in [0.25, 0.3) is 0 Å². The first-order chi connectivity index (χ1) is 13.8. The van der Waals surface area contributed by atoms with E-state index in [-0.39, 0.29) is 19.7 Å². The number of alkyl halides is 2. The highest BCUT2D eigenvalue weighted by atomic mass is 19.3. The van der Waals surface area contributed by atoms with Crippen LogP contribution in [0.2, 0.25) is 0 Å². The van der Waals surface area contributed by atoms with Crippen molar-refractivity contribution in [2.75, 3.05) is 37.7 Å². The van der Waals surface area contributed by atoms with Crippen molar-refractivity contribution in [1.82, 2.24) is 14.7 Å². The minimum absolute atomic E-state index is 0.00763. The van der Waals surface area contributed by atoms with E-state index in [4.69, 9.17) is 9.47 Å². The van der Waals surface area contributed by atoms with Crippen LogP contribution in [-0.4, -0.2) is 65.1 Å². The second-order valence-corrected chi connectivity index (χ2v) is 7.69. The molecule has 2 aliphatic heterocycles. The first kappa shape index (κ1) is 19.9. The van der Waals surface area contributed by atoms with E-state index in [0.717, 1.165) is 16.2 Å². The van der Waals surface area contributed by atoms with E-state index in [0.29, 0.717) is 25.4 Å². The average molecular weight is 406 g/mol. The number of halogens is 2. The number of amides is 1. The van der Waals surface area contributed by atoms with Gasteiger partial charge in [-0.15, -0.1) is 0 Å². The van der Waals surface area contributed by atoms with Gasteiger partial charge in [0.1, 0.15) is 5.60 Å². The van der Waals surface area contributed by atoms with Crippen LogP contribution in [0.15, 0.2) is 36.5 Å². The number of rotatable bonds is 3. The van der Waals surface area contributed by atoms with Crippen LogP contribution in [0.5, 0.6) is 0 Å². The summed E-state index contributed by atoms with van der Waals surface area (Å²) in [7, 11) is 1.85. The third-order valence-electron chi connectivity index (χ3n) is 5.43. The van der Waals surface area contributed by atoms with Gasteiger partial charge in [-0.05, 0) is 24.6 Å². The summed E-state index contributed by atoms with van der Waals surface area (Å²) >= 11 is 0. The van der Waals surface area contributed by atoms with Gasteiger partial charge in [-0.2, -0.15) is 13.9 Å². The number of aryl methyl sites for hydroxylation is 2. The number of hydrogen-bond donors (Lipinski definition) is 0. The van der Waals surface area contributed by atoms with Crippen LogP contribution in [0, 0.1) is 6.92 Å². The van der Waals surface area contributed by atoms with Crippen molar-refractivity contribution in [2.24, 2.45) is 7.05 Å². The Morgan fingerprint density at radius 1 is 1.21 bits per heavy atom. The summed E-state index contributed by atoms with van der Waals surface area (Å²) < 4.78 is 41.8. The number of morpholine rings is 1. The molecule has 1 aromatic carbocycles. The zero-order chi connectivity index (χ0) is 20.6. The summed E-state index contributed by atoms with van der Waals surface area (Å²) in [6.45, 7) is 3.65. The molecule has 2 fully saturated rings. The fourth-order valence-corrected chi connectivity index (χ4v) is 3.97. The third kappa shape index (κ3) is 3.90. The molecule has 2 aliphatic rings. The van der Waals surface area contributed by atoms with E-state index in [9.17, 15) is 13.6 Å². The Morgan fingerprint density at radius 3 is 2.66 bits per heavy atom. The van der Waals surface area contributed by atoms with E-state index in [1.165, 1.54) is 0 Å². The van der Waals surface area contributed by atoms with E-state index >= 15 is 0 Å². The van der Waals surface area contributed by atoms with Gasteiger partial charge in [0.05, 0.1) is 31.6 Å². The molecule has 1 aromatic heterocycles. The maximum Gasteiger partial charge on any atom is 0.437 e. The lowest BCUT2D eigenvalue weighted by Crippen LogP contribution is -2.66. The summed E-state index contributed by atoms with van der Waals surface area (Å²) in [5.41, 5.74) is 1.11. The van der Waals surface area contributed by atoms with Gasteiger partial charge in [0.25, 0.3) is 0 Å². The molecule has 4 rings (SSSR count). The van der Waals surface area contributed by atoms with E-state index in [1.807, 2.05) is 18.9 Å². The summed E-state index contributed by atoms with van der Waals surface area (Å²) in [6, 6.07) is 8.48. The predicted octanol–water partition coefficient (Wildman–Crippen LogP) is 1.96. The monoisotopic (exact) mass is 406 g/mol. The fraction of sp³-hybridized carbons (Fsp3) is 0.500. The Hall–Kier alpha value is -2.36. The Labute approximate surface area is 167 Å². The molecule has 1 amide bonds. The van der Waals surface area contributed by atoms with Crippen LogP contribution in [0.3, 0.4) is 0 Å². The molecule has 0 N–H and O–H groups in total. The van der Waals surface area contributed by atoms with Crippen molar-refractivity contribution in [2.45, 2.75) is 25.2 Å². The van der Waals surface area contributed by atoms with Crippen LogP contribution in [0.1, 0.15) is 11.3 Å². The number of anilines is 1. The predicted molar refractivity (Wildman–Crippen MR) is 102 cm³/mol. The normalized spacial score (nSPS) is 25.4. The highest BCUT2D eigenvalue weighted by molar-refractivity contribution is 5.98. The van der Waals surface area contributed by atoms with Gasteiger partial charge >= 0.3 is 12.0 Å². The first-order valence-electron chi connectivity index (χ1n) is 9.52. The SMILES string of the molecule is Cc1cnn(C)c1CN1CCOCC2(C1)CN(c1ccccc1)C(=O)C(F)(F)O2. The fourth-order valence-electron chi connectivity index (χ4n) is 3.97. The van der Waals surface area contributed by atoms with E-state index in [1.54, 1.807) is 41.2 Å². The van der Waals surface area contributed by atoms with Crippen molar-refractivity contribution in [3.63, 3.8) is 0 Å². The quantitative estimate of drug-likeness (QED) is 0.780. The van der Waals surface area contributed by atoms with Gasteiger partial charge in [-0.1, -0.05) is 18.2 Å². The largest absolute Gasteiger partial charge is 0.437 e. The van der Waals surface area contributed by atoms with Gasteiger partial charge in [0.2, 0.25) is 0 Å². The molecule has 2 saturated heterocycles. The second-order valence-electron chi connectivity index (χ2n) is 7.69. The Kier molecular flexibility index (Phi) is 5.14. The highest BCUT2D eigenvalue weighted by Crippen LogP contribution is 2.37. The molecule has 2 aromatic rings. The van der Waals surface area contributed by atoms with Gasteiger partial charge in [-0.3, -0.25) is 14.4 Å². The minimum atomic E-state index is -3.92. The molecule has 0 saturated carbocycles. The summed E-state index contributed by atoms with van der Waals surface area (Å²) in [6.07, 6.45) is -2.14. The van der Waals surface area contributed by atoms with Gasteiger partial charge in [0, 0.05) is 32.4 Å². The molecule has 9 heteroatoms. The van der Waals surface area contributed by atoms with Crippen LogP contribution in [0.4, 0.5) is 14.5 Å². The molecule has 0 radical (unpaired) electrons. The van der Waals surface area contributed by atoms with E-state index in [2.05, 4.69) is 5.10 Å². The highest BCUT2D eigenvalue weighted by Gasteiger charge is 2.58. The lowest BCUT2D eigenvalue weighted by Gasteiger charge is -2.45. The van der Waals surface area contributed by atoms with Crippen LogP contribution < -0.4 is 4.90 Å². The third-order valence-corrected chi connectivity index (χ3v) is 5.43. The molecular formula is C20H24F2N4O3. The summed E-state index contributed by atoms with van der Waals surface area (Å²) in [4.78, 5) is 15.5. The second kappa shape index (κ2) is 7.47. The number of hydrogen-bond acceptors (Lipinski definition) is 5. The van der Waals surface area contributed by atoms with Crippen LogP contribution >= 0.6 is 0 Å². The Morgan fingerprint density at radius 2 is 1.97 bits per heavy atom. The molecule has 0 aliphatic carbocycles. The molecule has 7 nitrogen and oxygen atoms in total. The zero-order valence-electron chi connectivity index (χ0n) is 16.5. The molecule has 3 heterocycles. The van der Waals surface area contributed by atoms with Crippen molar-refractivity contribution >= 4 is 11.6 Å². The smallest absolute Gasteiger partial charge is 0.377 e. The Bertz CT molecular complexity index is 870. The molecule has 1 unspecified atom stereocenters. The average Bonchev–Trinajstić information content (AvgIpc) is 2.89. The summed E-state index contributed by atoms with van der Waals surface area (Å²) in [5, 5.41) is 4.25. The summed E-state index contributed by atoms with van der Waals surface area (Å²) in [5.74, 6) is -1.35. The number of benzene rings is 1. The van der Waals surface area contributed by atoms with E-state index < -0.39 is 17.6 Å². The molecular weight excluding hydrogens is 382 g/mol. The number of para-hydroxylation sites is 1.